The fraction of sp³-hybridized carbons (Fsp3) is 1.00. The standard InChI is InChI=1S/C22H43N3/c1-18(2)23(6)10-7-21(5)13-20(14-21)15-24-16-22(17-24)8-11-25(12-9-22)19(3)4/h18-20H,7-17H2,1-6H3. The third-order valence-corrected chi connectivity index (χ3v) is 7.74. The minimum Gasteiger partial charge on any atom is -0.304 e. The van der Waals surface area contributed by atoms with Gasteiger partial charge in [0.1, 0.15) is 0 Å². The van der Waals surface area contributed by atoms with E-state index in [0.29, 0.717) is 16.9 Å². The Hall–Kier alpha value is -0.120. The summed E-state index contributed by atoms with van der Waals surface area (Å²) in [6.07, 6.45) is 7.18. The summed E-state index contributed by atoms with van der Waals surface area (Å²) in [5.41, 5.74) is 1.32. The van der Waals surface area contributed by atoms with E-state index < -0.39 is 0 Å². The number of nitrogens with zero attached hydrogens (tertiary/aromatic N) is 3. The van der Waals surface area contributed by atoms with Crippen molar-refractivity contribution in [1.29, 1.82) is 0 Å². The molecule has 0 aromatic rings. The Bertz CT molecular complexity index is 423. The smallest absolute Gasteiger partial charge is 0.00516 e. The van der Waals surface area contributed by atoms with E-state index in [4.69, 9.17) is 0 Å². The maximum absolute atomic E-state index is 2.77. The van der Waals surface area contributed by atoms with Crippen LogP contribution in [0.25, 0.3) is 0 Å². The van der Waals surface area contributed by atoms with Gasteiger partial charge in [-0.15, -0.1) is 0 Å². The zero-order valence-electron chi connectivity index (χ0n) is 17.9. The molecule has 0 unspecified atom stereocenters. The van der Waals surface area contributed by atoms with Crippen molar-refractivity contribution in [2.75, 3.05) is 46.3 Å². The maximum Gasteiger partial charge on any atom is 0.00516 e. The van der Waals surface area contributed by atoms with Crippen LogP contribution in [0.3, 0.4) is 0 Å². The van der Waals surface area contributed by atoms with Gasteiger partial charge in [0.15, 0.2) is 0 Å². The van der Waals surface area contributed by atoms with Gasteiger partial charge in [0, 0.05) is 31.7 Å². The van der Waals surface area contributed by atoms with Crippen molar-refractivity contribution in [1.82, 2.24) is 14.7 Å². The topological polar surface area (TPSA) is 9.72 Å². The molecule has 2 aliphatic heterocycles. The van der Waals surface area contributed by atoms with Crippen LogP contribution < -0.4 is 0 Å². The second-order valence-electron chi connectivity index (χ2n) is 10.7. The van der Waals surface area contributed by atoms with Gasteiger partial charge in [0.2, 0.25) is 0 Å². The first-order valence-corrected chi connectivity index (χ1v) is 10.9. The molecule has 3 fully saturated rings. The number of hydrogen-bond donors (Lipinski definition) is 0. The molecule has 3 aliphatic rings. The summed E-state index contributed by atoms with van der Waals surface area (Å²) in [6.45, 7) is 19.9. The average molecular weight is 350 g/mol. The van der Waals surface area contributed by atoms with E-state index in [1.807, 2.05) is 0 Å². The molecular formula is C22H43N3. The molecule has 3 heteroatoms. The fourth-order valence-corrected chi connectivity index (χ4v) is 5.60. The van der Waals surface area contributed by atoms with Crippen LogP contribution >= 0.6 is 0 Å². The highest BCUT2D eigenvalue weighted by Crippen LogP contribution is 2.50. The van der Waals surface area contributed by atoms with Gasteiger partial charge in [-0.25, -0.2) is 0 Å². The molecule has 2 saturated heterocycles. The number of piperidine rings is 1. The maximum atomic E-state index is 2.77. The molecule has 0 aromatic heterocycles. The Balaban J connectivity index is 1.32. The van der Waals surface area contributed by atoms with Crippen molar-refractivity contribution >= 4 is 0 Å². The monoisotopic (exact) mass is 349 g/mol. The van der Waals surface area contributed by atoms with Gasteiger partial charge in [-0.3, -0.25) is 0 Å². The van der Waals surface area contributed by atoms with Crippen molar-refractivity contribution < 1.29 is 0 Å². The molecule has 0 radical (unpaired) electrons. The van der Waals surface area contributed by atoms with E-state index in [9.17, 15) is 0 Å². The Kier molecular flexibility index (Phi) is 5.88. The van der Waals surface area contributed by atoms with Crippen LogP contribution in [-0.4, -0.2) is 73.1 Å². The van der Waals surface area contributed by atoms with Gasteiger partial charge in [0.25, 0.3) is 0 Å². The minimum absolute atomic E-state index is 0.624. The number of likely N-dealkylation sites (tertiary alicyclic amines) is 2. The molecule has 25 heavy (non-hydrogen) atoms. The molecule has 1 spiro atoms. The van der Waals surface area contributed by atoms with E-state index in [0.717, 1.165) is 12.0 Å². The van der Waals surface area contributed by atoms with Gasteiger partial charge in [-0.2, -0.15) is 0 Å². The van der Waals surface area contributed by atoms with Crippen LogP contribution in [0.4, 0.5) is 0 Å². The lowest BCUT2D eigenvalue weighted by Crippen LogP contribution is -2.62. The lowest BCUT2D eigenvalue weighted by molar-refractivity contribution is -0.0760. The van der Waals surface area contributed by atoms with Crippen molar-refractivity contribution in [3.63, 3.8) is 0 Å². The Morgan fingerprint density at radius 2 is 1.64 bits per heavy atom. The highest BCUT2D eigenvalue weighted by molar-refractivity contribution is 5.01. The van der Waals surface area contributed by atoms with E-state index in [1.54, 1.807) is 0 Å². The van der Waals surface area contributed by atoms with Crippen LogP contribution in [0.5, 0.6) is 0 Å². The molecule has 3 rings (SSSR count). The zero-order valence-corrected chi connectivity index (χ0v) is 17.9. The molecule has 0 N–H and O–H groups in total. The average Bonchev–Trinajstić information content (AvgIpc) is 2.49. The molecule has 0 atom stereocenters. The molecule has 146 valence electrons. The third-order valence-electron chi connectivity index (χ3n) is 7.74. The molecular weight excluding hydrogens is 306 g/mol. The molecule has 0 aromatic carbocycles. The summed E-state index contributed by atoms with van der Waals surface area (Å²) in [4.78, 5) is 7.94. The SMILES string of the molecule is CC(C)N(C)CCC1(C)CC(CN2CC3(CCN(C(C)C)CC3)C2)C1. The fourth-order valence-electron chi connectivity index (χ4n) is 5.60. The minimum atomic E-state index is 0.624. The van der Waals surface area contributed by atoms with Crippen molar-refractivity contribution in [2.24, 2.45) is 16.7 Å². The highest BCUT2D eigenvalue weighted by Gasteiger charge is 2.47. The van der Waals surface area contributed by atoms with Crippen LogP contribution in [0.1, 0.15) is 66.7 Å². The summed E-state index contributed by atoms with van der Waals surface area (Å²) in [7, 11) is 2.27. The molecule has 1 aliphatic carbocycles. The largest absolute Gasteiger partial charge is 0.304 e. The predicted molar refractivity (Wildman–Crippen MR) is 108 cm³/mol. The first-order chi connectivity index (χ1) is 11.7. The summed E-state index contributed by atoms with van der Waals surface area (Å²) in [6, 6.07) is 1.41. The quantitative estimate of drug-likeness (QED) is 0.689. The van der Waals surface area contributed by atoms with Gasteiger partial charge in [-0.1, -0.05) is 6.92 Å². The molecule has 0 amide bonds. The number of hydrogen-bond acceptors (Lipinski definition) is 3. The predicted octanol–water partition coefficient (Wildman–Crippen LogP) is 3.94. The van der Waals surface area contributed by atoms with Crippen molar-refractivity contribution in [3.05, 3.63) is 0 Å². The Morgan fingerprint density at radius 1 is 1.04 bits per heavy atom. The van der Waals surface area contributed by atoms with E-state index in [-0.39, 0.29) is 0 Å². The van der Waals surface area contributed by atoms with Gasteiger partial charge < -0.3 is 14.7 Å². The second kappa shape index (κ2) is 7.48. The highest BCUT2D eigenvalue weighted by atomic mass is 15.2. The van der Waals surface area contributed by atoms with E-state index in [2.05, 4.69) is 56.4 Å². The lowest BCUT2D eigenvalue weighted by Gasteiger charge is -2.57. The van der Waals surface area contributed by atoms with E-state index >= 15 is 0 Å². The van der Waals surface area contributed by atoms with Gasteiger partial charge in [0.05, 0.1) is 0 Å². The number of rotatable bonds is 7. The van der Waals surface area contributed by atoms with Crippen molar-refractivity contribution in [2.45, 2.75) is 78.8 Å². The van der Waals surface area contributed by atoms with E-state index in [1.165, 1.54) is 71.4 Å². The summed E-state index contributed by atoms with van der Waals surface area (Å²) >= 11 is 0. The summed E-state index contributed by atoms with van der Waals surface area (Å²) < 4.78 is 0. The normalized spacial score (nSPS) is 33.2. The Labute approximate surface area is 157 Å². The van der Waals surface area contributed by atoms with Gasteiger partial charge >= 0.3 is 0 Å². The molecule has 1 saturated carbocycles. The van der Waals surface area contributed by atoms with Crippen LogP contribution in [-0.2, 0) is 0 Å². The second-order valence-corrected chi connectivity index (χ2v) is 10.7. The van der Waals surface area contributed by atoms with Crippen LogP contribution in [0.2, 0.25) is 0 Å². The van der Waals surface area contributed by atoms with Crippen LogP contribution in [0.15, 0.2) is 0 Å². The van der Waals surface area contributed by atoms with Crippen molar-refractivity contribution in [3.8, 4) is 0 Å². The third kappa shape index (κ3) is 4.59. The molecule has 3 nitrogen and oxygen atoms in total. The van der Waals surface area contributed by atoms with Gasteiger partial charge in [-0.05, 0) is 103 Å². The summed E-state index contributed by atoms with van der Waals surface area (Å²) in [5, 5.41) is 0. The first kappa shape index (κ1) is 19.6. The van der Waals surface area contributed by atoms with Crippen LogP contribution in [0, 0.1) is 16.7 Å². The lowest BCUT2D eigenvalue weighted by atomic mass is 9.60. The first-order valence-electron chi connectivity index (χ1n) is 10.9. The zero-order chi connectivity index (χ0) is 18.2. The molecule has 0 bridgehead atoms. The summed E-state index contributed by atoms with van der Waals surface area (Å²) in [5.74, 6) is 0.974. The molecule has 2 heterocycles. The Morgan fingerprint density at radius 3 is 2.16 bits per heavy atom.